The van der Waals surface area contributed by atoms with Gasteiger partial charge in [0.1, 0.15) is 0 Å². The van der Waals surface area contributed by atoms with Gasteiger partial charge in [0.25, 0.3) is 0 Å². The van der Waals surface area contributed by atoms with Gasteiger partial charge in [0.05, 0.1) is 0 Å². The van der Waals surface area contributed by atoms with Crippen LogP contribution in [0.1, 0.15) is 26.7 Å². The number of rotatable bonds is 2. The molecule has 0 amide bonds. The summed E-state index contributed by atoms with van der Waals surface area (Å²) >= 11 is 0. The van der Waals surface area contributed by atoms with Crippen molar-refractivity contribution >= 4 is 0 Å². The molecule has 2 aliphatic rings. The van der Waals surface area contributed by atoms with Crippen LogP contribution >= 0.6 is 0 Å². The Hall–Kier alpha value is -0.0400. The molecule has 0 radical (unpaired) electrons. The maximum absolute atomic E-state index is 3.53. The van der Waals surface area contributed by atoms with E-state index in [4.69, 9.17) is 0 Å². The third kappa shape index (κ3) is 0.983. The van der Waals surface area contributed by atoms with Crippen molar-refractivity contribution in [2.75, 3.05) is 0 Å². The summed E-state index contributed by atoms with van der Waals surface area (Å²) in [5.74, 6) is 1.92. The van der Waals surface area contributed by atoms with Gasteiger partial charge in [-0.15, -0.1) is 0 Å². The lowest BCUT2D eigenvalue weighted by Gasteiger charge is -1.97. The van der Waals surface area contributed by atoms with E-state index in [0.717, 1.165) is 23.9 Å². The summed E-state index contributed by atoms with van der Waals surface area (Å²) in [5.41, 5.74) is 0. The van der Waals surface area contributed by atoms with Crippen LogP contribution in [0.2, 0.25) is 0 Å². The second kappa shape index (κ2) is 1.72. The molecule has 0 bridgehead atoms. The predicted octanol–water partition coefficient (Wildman–Crippen LogP) is 1.39. The lowest BCUT2D eigenvalue weighted by atomic mass is 10.1. The van der Waals surface area contributed by atoms with E-state index in [-0.39, 0.29) is 0 Å². The fourth-order valence-electron chi connectivity index (χ4n) is 1.66. The standard InChI is InChI=1S/C8H15N/c1-5(2)7-8(9-7)6-3-4-6/h5-9H,3-4H2,1-2H3/t7-,8-/m1/s1. The van der Waals surface area contributed by atoms with Crippen molar-refractivity contribution in [3.8, 4) is 0 Å². The zero-order valence-electron chi connectivity index (χ0n) is 6.22. The van der Waals surface area contributed by atoms with E-state index in [9.17, 15) is 0 Å². The van der Waals surface area contributed by atoms with E-state index in [1.54, 1.807) is 0 Å². The second-order valence-electron chi connectivity index (χ2n) is 3.80. The smallest absolute Gasteiger partial charge is 0.0255 e. The maximum Gasteiger partial charge on any atom is 0.0255 e. The molecule has 1 aliphatic heterocycles. The van der Waals surface area contributed by atoms with Crippen LogP contribution in [-0.4, -0.2) is 12.1 Å². The predicted molar refractivity (Wildman–Crippen MR) is 38.3 cm³/mol. The highest BCUT2D eigenvalue weighted by Crippen LogP contribution is 2.41. The van der Waals surface area contributed by atoms with Gasteiger partial charge in [0, 0.05) is 12.1 Å². The molecule has 2 rings (SSSR count). The lowest BCUT2D eigenvalue weighted by molar-refractivity contribution is 0.602. The van der Waals surface area contributed by atoms with Crippen LogP contribution in [0.3, 0.4) is 0 Å². The summed E-state index contributed by atoms with van der Waals surface area (Å²) in [5, 5.41) is 3.53. The third-order valence-corrected chi connectivity index (χ3v) is 2.51. The van der Waals surface area contributed by atoms with E-state index in [1.165, 1.54) is 12.8 Å². The molecule has 0 aromatic heterocycles. The molecule has 1 aliphatic carbocycles. The molecule has 0 aromatic carbocycles. The largest absolute Gasteiger partial charge is 0.308 e. The Labute approximate surface area is 56.8 Å². The van der Waals surface area contributed by atoms with E-state index in [1.807, 2.05) is 0 Å². The monoisotopic (exact) mass is 125 g/mol. The quantitative estimate of drug-likeness (QED) is 0.553. The summed E-state index contributed by atoms with van der Waals surface area (Å²) in [6.45, 7) is 4.61. The SMILES string of the molecule is CC(C)[C@H]1N[C@@H]1C1CC1. The minimum atomic E-state index is 0.857. The summed E-state index contributed by atoms with van der Waals surface area (Å²) in [7, 11) is 0. The van der Waals surface area contributed by atoms with Gasteiger partial charge in [-0.25, -0.2) is 0 Å². The first-order chi connectivity index (χ1) is 4.29. The van der Waals surface area contributed by atoms with Gasteiger partial charge in [-0.3, -0.25) is 0 Å². The van der Waals surface area contributed by atoms with Crippen molar-refractivity contribution in [2.24, 2.45) is 11.8 Å². The van der Waals surface area contributed by atoms with E-state index in [0.29, 0.717) is 0 Å². The highest BCUT2D eigenvalue weighted by molar-refractivity contribution is 5.07. The summed E-state index contributed by atoms with van der Waals surface area (Å²) in [6, 6.07) is 1.79. The normalized spacial score (nSPS) is 41.7. The molecule has 2 atom stereocenters. The van der Waals surface area contributed by atoms with Gasteiger partial charge in [-0.2, -0.15) is 0 Å². The Morgan fingerprint density at radius 1 is 1.33 bits per heavy atom. The topological polar surface area (TPSA) is 21.9 Å². The first kappa shape index (κ1) is 5.72. The summed E-state index contributed by atoms with van der Waals surface area (Å²) in [4.78, 5) is 0. The van der Waals surface area contributed by atoms with Crippen molar-refractivity contribution in [2.45, 2.75) is 38.8 Å². The highest BCUT2D eigenvalue weighted by atomic mass is 15.2. The average Bonchev–Trinajstić information content (AvgIpc) is 2.60. The fourth-order valence-corrected chi connectivity index (χ4v) is 1.66. The number of hydrogen-bond donors (Lipinski definition) is 1. The molecule has 0 spiro atoms. The van der Waals surface area contributed by atoms with Crippen molar-refractivity contribution in [1.82, 2.24) is 5.32 Å². The van der Waals surface area contributed by atoms with Gasteiger partial charge in [-0.05, 0) is 24.7 Å². The summed E-state index contributed by atoms with van der Waals surface area (Å²) in [6.07, 6.45) is 2.97. The van der Waals surface area contributed by atoms with E-state index >= 15 is 0 Å². The molecule has 0 aromatic rings. The van der Waals surface area contributed by atoms with Crippen LogP contribution in [-0.2, 0) is 0 Å². The van der Waals surface area contributed by atoms with Gasteiger partial charge < -0.3 is 5.32 Å². The van der Waals surface area contributed by atoms with E-state index < -0.39 is 0 Å². The molecule has 1 nitrogen and oxygen atoms in total. The molecule has 1 saturated heterocycles. The Bertz CT molecular complexity index is 110. The number of hydrogen-bond acceptors (Lipinski definition) is 1. The van der Waals surface area contributed by atoms with Gasteiger partial charge in [-0.1, -0.05) is 13.8 Å². The Balaban J connectivity index is 1.81. The molecular weight excluding hydrogens is 110 g/mol. The first-order valence-electron chi connectivity index (χ1n) is 4.05. The van der Waals surface area contributed by atoms with Crippen LogP contribution in [0.15, 0.2) is 0 Å². The minimum Gasteiger partial charge on any atom is -0.308 e. The molecule has 1 heteroatoms. The van der Waals surface area contributed by atoms with Crippen molar-refractivity contribution in [3.63, 3.8) is 0 Å². The molecule has 1 N–H and O–H groups in total. The Kier molecular flexibility index (Phi) is 1.10. The van der Waals surface area contributed by atoms with Crippen molar-refractivity contribution < 1.29 is 0 Å². The van der Waals surface area contributed by atoms with Gasteiger partial charge >= 0.3 is 0 Å². The maximum atomic E-state index is 3.53. The fraction of sp³-hybridized carbons (Fsp3) is 1.00. The lowest BCUT2D eigenvalue weighted by Crippen LogP contribution is -2.03. The average molecular weight is 125 g/mol. The van der Waals surface area contributed by atoms with Gasteiger partial charge in [0.2, 0.25) is 0 Å². The highest BCUT2D eigenvalue weighted by Gasteiger charge is 2.47. The molecule has 2 fully saturated rings. The molecule has 1 saturated carbocycles. The van der Waals surface area contributed by atoms with Crippen LogP contribution in [0, 0.1) is 11.8 Å². The Morgan fingerprint density at radius 2 is 2.00 bits per heavy atom. The van der Waals surface area contributed by atoms with Crippen molar-refractivity contribution in [3.05, 3.63) is 0 Å². The zero-order valence-corrected chi connectivity index (χ0v) is 6.22. The molecule has 52 valence electrons. The van der Waals surface area contributed by atoms with Crippen molar-refractivity contribution in [1.29, 1.82) is 0 Å². The first-order valence-corrected chi connectivity index (χ1v) is 4.05. The van der Waals surface area contributed by atoms with E-state index in [2.05, 4.69) is 19.2 Å². The third-order valence-electron chi connectivity index (χ3n) is 2.51. The number of nitrogens with one attached hydrogen (secondary N) is 1. The summed E-state index contributed by atoms with van der Waals surface area (Å²) < 4.78 is 0. The van der Waals surface area contributed by atoms with Crippen LogP contribution in [0.5, 0.6) is 0 Å². The minimum absolute atomic E-state index is 0.857. The zero-order chi connectivity index (χ0) is 6.43. The molecule has 1 heterocycles. The molecule has 9 heavy (non-hydrogen) atoms. The van der Waals surface area contributed by atoms with Crippen LogP contribution < -0.4 is 5.32 Å². The molecule has 0 unspecified atom stereocenters. The second-order valence-corrected chi connectivity index (χ2v) is 3.80. The van der Waals surface area contributed by atoms with Crippen LogP contribution in [0.4, 0.5) is 0 Å². The van der Waals surface area contributed by atoms with Crippen LogP contribution in [0.25, 0.3) is 0 Å². The van der Waals surface area contributed by atoms with Gasteiger partial charge in [0.15, 0.2) is 0 Å². The molecular formula is C8H15N. The Morgan fingerprint density at radius 3 is 2.33 bits per heavy atom.